The summed E-state index contributed by atoms with van der Waals surface area (Å²) in [5.41, 5.74) is 10.3. The van der Waals surface area contributed by atoms with E-state index in [0.29, 0.717) is 6.54 Å². The van der Waals surface area contributed by atoms with Crippen molar-refractivity contribution in [1.82, 2.24) is 9.97 Å². The second kappa shape index (κ2) is 4.49. The van der Waals surface area contributed by atoms with Gasteiger partial charge in [-0.2, -0.15) is 0 Å². The zero-order valence-corrected chi connectivity index (χ0v) is 9.75. The van der Waals surface area contributed by atoms with Gasteiger partial charge in [0.05, 0.1) is 12.2 Å². The molecule has 3 N–H and O–H groups in total. The minimum atomic E-state index is 0.467. The molecule has 0 atom stereocenters. The number of nitrogens with two attached hydrogens (primary N) is 1. The predicted molar refractivity (Wildman–Crippen MR) is 65.2 cm³/mol. The number of aromatic nitrogens is 2. The van der Waals surface area contributed by atoms with E-state index in [9.17, 15) is 0 Å². The first-order valence-electron chi connectivity index (χ1n) is 5.49. The molecule has 0 amide bonds. The molecule has 0 unspecified atom stereocenters. The van der Waals surface area contributed by atoms with Gasteiger partial charge in [0.25, 0.3) is 0 Å². The third-order valence-corrected chi connectivity index (χ3v) is 2.72. The van der Waals surface area contributed by atoms with Crippen LogP contribution in [0.5, 0.6) is 0 Å². The normalized spacial score (nSPS) is 10.7. The lowest BCUT2D eigenvalue weighted by Crippen LogP contribution is -1.98. The van der Waals surface area contributed by atoms with Gasteiger partial charge in [0.15, 0.2) is 0 Å². The fourth-order valence-electron chi connectivity index (χ4n) is 1.73. The Morgan fingerprint density at radius 1 is 1.19 bits per heavy atom. The van der Waals surface area contributed by atoms with Crippen LogP contribution in [0.25, 0.3) is 0 Å². The Hall–Kier alpha value is -1.61. The van der Waals surface area contributed by atoms with Crippen LogP contribution in [-0.4, -0.2) is 9.97 Å². The minimum Gasteiger partial charge on any atom is -0.345 e. The van der Waals surface area contributed by atoms with Crippen molar-refractivity contribution in [2.24, 2.45) is 5.73 Å². The SMILES string of the molecule is Cc1ccc(Cc2nc(CN)[nH]c2C)cc1. The Balaban J connectivity index is 2.19. The number of hydrogen-bond donors (Lipinski definition) is 2. The van der Waals surface area contributed by atoms with Crippen molar-refractivity contribution in [1.29, 1.82) is 0 Å². The molecular weight excluding hydrogens is 198 g/mol. The molecular formula is C13H17N3. The van der Waals surface area contributed by atoms with Gasteiger partial charge in [0, 0.05) is 12.1 Å². The average Bonchev–Trinajstić information content (AvgIpc) is 2.63. The summed E-state index contributed by atoms with van der Waals surface area (Å²) in [6.45, 7) is 4.60. The van der Waals surface area contributed by atoms with E-state index in [0.717, 1.165) is 23.6 Å². The highest BCUT2D eigenvalue weighted by molar-refractivity contribution is 5.27. The molecule has 84 valence electrons. The number of H-pyrrole nitrogens is 1. The second-order valence-electron chi connectivity index (χ2n) is 4.12. The molecule has 0 spiro atoms. The Morgan fingerprint density at radius 3 is 2.44 bits per heavy atom. The highest BCUT2D eigenvalue weighted by atomic mass is 14.9. The molecule has 2 aromatic rings. The first-order chi connectivity index (χ1) is 7.69. The monoisotopic (exact) mass is 215 g/mol. The van der Waals surface area contributed by atoms with Crippen molar-refractivity contribution in [2.75, 3.05) is 0 Å². The largest absolute Gasteiger partial charge is 0.345 e. The summed E-state index contributed by atoms with van der Waals surface area (Å²) in [6.07, 6.45) is 0.864. The van der Waals surface area contributed by atoms with E-state index >= 15 is 0 Å². The van der Waals surface area contributed by atoms with Crippen LogP contribution in [0.4, 0.5) is 0 Å². The summed E-state index contributed by atoms with van der Waals surface area (Å²) in [6, 6.07) is 8.54. The fourth-order valence-corrected chi connectivity index (χ4v) is 1.73. The van der Waals surface area contributed by atoms with Gasteiger partial charge in [-0.1, -0.05) is 29.8 Å². The first kappa shape index (κ1) is 10.9. The minimum absolute atomic E-state index is 0.467. The Kier molecular flexibility index (Phi) is 3.06. The molecule has 2 rings (SSSR count). The van der Waals surface area contributed by atoms with Gasteiger partial charge < -0.3 is 10.7 Å². The lowest BCUT2D eigenvalue weighted by molar-refractivity contribution is 0.935. The number of imidazole rings is 1. The topological polar surface area (TPSA) is 54.7 Å². The third kappa shape index (κ3) is 2.31. The lowest BCUT2D eigenvalue weighted by Gasteiger charge is -2.00. The quantitative estimate of drug-likeness (QED) is 0.823. The van der Waals surface area contributed by atoms with Crippen LogP contribution in [0.15, 0.2) is 24.3 Å². The van der Waals surface area contributed by atoms with E-state index in [-0.39, 0.29) is 0 Å². The van der Waals surface area contributed by atoms with Gasteiger partial charge in [-0.15, -0.1) is 0 Å². The fraction of sp³-hybridized carbons (Fsp3) is 0.308. The number of nitrogens with one attached hydrogen (secondary N) is 1. The summed E-state index contributed by atoms with van der Waals surface area (Å²) in [5.74, 6) is 0.861. The number of rotatable bonds is 3. The van der Waals surface area contributed by atoms with Gasteiger partial charge in [-0.3, -0.25) is 0 Å². The number of hydrogen-bond acceptors (Lipinski definition) is 2. The molecule has 0 aliphatic carbocycles. The Labute approximate surface area is 95.7 Å². The van der Waals surface area contributed by atoms with Crippen LogP contribution in [0.2, 0.25) is 0 Å². The van der Waals surface area contributed by atoms with Crippen molar-refractivity contribution in [3.05, 3.63) is 52.6 Å². The van der Waals surface area contributed by atoms with E-state index in [1.54, 1.807) is 0 Å². The van der Waals surface area contributed by atoms with Crippen molar-refractivity contribution in [2.45, 2.75) is 26.8 Å². The molecule has 0 aliphatic heterocycles. The maximum atomic E-state index is 5.55. The van der Waals surface area contributed by atoms with Crippen LogP contribution in [0.1, 0.15) is 28.3 Å². The first-order valence-corrected chi connectivity index (χ1v) is 5.49. The predicted octanol–water partition coefficient (Wildman–Crippen LogP) is 2.08. The van der Waals surface area contributed by atoms with Crippen LogP contribution >= 0.6 is 0 Å². The third-order valence-electron chi connectivity index (χ3n) is 2.72. The van der Waals surface area contributed by atoms with Crippen molar-refractivity contribution >= 4 is 0 Å². The van der Waals surface area contributed by atoms with Crippen LogP contribution in [0.3, 0.4) is 0 Å². The van der Waals surface area contributed by atoms with Gasteiger partial charge in [0.2, 0.25) is 0 Å². The summed E-state index contributed by atoms with van der Waals surface area (Å²) in [5, 5.41) is 0. The number of aryl methyl sites for hydroxylation is 2. The van der Waals surface area contributed by atoms with E-state index in [1.165, 1.54) is 11.1 Å². The molecule has 0 saturated carbocycles. The number of aromatic amines is 1. The molecule has 16 heavy (non-hydrogen) atoms. The van der Waals surface area contributed by atoms with Crippen LogP contribution in [0, 0.1) is 13.8 Å². The van der Waals surface area contributed by atoms with Gasteiger partial charge in [0.1, 0.15) is 5.82 Å². The molecule has 0 bridgehead atoms. The summed E-state index contributed by atoms with van der Waals surface area (Å²) < 4.78 is 0. The Bertz CT molecular complexity index is 468. The molecule has 0 fully saturated rings. The number of nitrogens with zero attached hydrogens (tertiary/aromatic N) is 1. The summed E-state index contributed by atoms with van der Waals surface area (Å²) >= 11 is 0. The van der Waals surface area contributed by atoms with E-state index in [4.69, 9.17) is 5.73 Å². The van der Waals surface area contributed by atoms with Crippen molar-refractivity contribution in [3.63, 3.8) is 0 Å². The molecule has 3 heteroatoms. The van der Waals surface area contributed by atoms with Crippen LogP contribution < -0.4 is 5.73 Å². The lowest BCUT2D eigenvalue weighted by atomic mass is 10.1. The smallest absolute Gasteiger partial charge is 0.120 e. The molecule has 0 aliphatic rings. The summed E-state index contributed by atoms with van der Waals surface area (Å²) in [4.78, 5) is 7.66. The van der Waals surface area contributed by atoms with Gasteiger partial charge >= 0.3 is 0 Å². The van der Waals surface area contributed by atoms with Crippen molar-refractivity contribution < 1.29 is 0 Å². The maximum Gasteiger partial charge on any atom is 0.120 e. The van der Waals surface area contributed by atoms with Gasteiger partial charge in [-0.05, 0) is 19.4 Å². The second-order valence-corrected chi connectivity index (χ2v) is 4.12. The van der Waals surface area contributed by atoms with Crippen molar-refractivity contribution in [3.8, 4) is 0 Å². The van der Waals surface area contributed by atoms with Crippen LogP contribution in [-0.2, 0) is 13.0 Å². The maximum absolute atomic E-state index is 5.55. The zero-order valence-electron chi connectivity index (χ0n) is 9.75. The van der Waals surface area contributed by atoms with E-state index in [2.05, 4.69) is 41.2 Å². The molecule has 1 heterocycles. The molecule has 0 saturated heterocycles. The standard InChI is InChI=1S/C13H17N3/c1-9-3-5-11(6-4-9)7-12-10(2)15-13(8-14)16-12/h3-6H,7-8,14H2,1-2H3,(H,15,16). The molecule has 1 aromatic heterocycles. The average molecular weight is 215 g/mol. The molecule has 3 nitrogen and oxygen atoms in total. The molecule has 0 radical (unpaired) electrons. The number of benzene rings is 1. The van der Waals surface area contributed by atoms with E-state index in [1.807, 2.05) is 6.92 Å². The van der Waals surface area contributed by atoms with E-state index < -0.39 is 0 Å². The highest BCUT2D eigenvalue weighted by Gasteiger charge is 2.06. The highest BCUT2D eigenvalue weighted by Crippen LogP contribution is 2.12. The zero-order chi connectivity index (χ0) is 11.5. The summed E-state index contributed by atoms with van der Waals surface area (Å²) in [7, 11) is 0. The molecule has 1 aromatic carbocycles. The van der Waals surface area contributed by atoms with Gasteiger partial charge in [-0.25, -0.2) is 4.98 Å². The Morgan fingerprint density at radius 2 is 1.88 bits per heavy atom.